The number of pyridine rings is 1. The normalized spacial score (nSPS) is 16.3. The van der Waals surface area contributed by atoms with Crippen LogP contribution < -0.4 is 21.1 Å². The van der Waals surface area contributed by atoms with Gasteiger partial charge in [0.05, 0.1) is 24.7 Å². The largest absolute Gasteiger partial charge is 0.497 e. The summed E-state index contributed by atoms with van der Waals surface area (Å²) >= 11 is 0. The highest BCUT2D eigenvalue weighted by Gasteiger charge is 2.22. The van der Waals surface area contributed by atoms with Crippen LogP contribution in [-0.4, -0.2) is 45.6 Å². The molecule has 170 valence electrons. The van der Waals surface area contributed by atoms with Crippen molar-refractivity contribution < 1.29 is 9.13 Å². The van der Waals surface area contributed by atoms with Crippen LogP contribution in [0.15, 0.2) is 49.1 Å². The summed E-state index contributed by atoms with van der Waals surface area (Å²) in [5, 5.41) is 0. The lowest BCUT2D eigenvalue weighted by Gasteiger charge is -2.34. The van der Waals surface area contributed by atoms with Crippen molar-refractivity contribution in [3.05, 3.63) is 66.1 Å². The van der Waals surface area contributed by atoms with E-state index in [0.29, 0.717) is 34.9 Å². The lowest BCUT2D eigenvalue weighted by Crippen LogP contribution is -2.43. The average molecular weight is 448 g/mol. The summed E-state index contributed by atoms with van der Waals surface area (Å²) in [5.41, 5.74) is 16.8. The van der Waals surface area contributed by atoms with Gasteiger partial charge in [-0.15, -0.1) is 0 Å². The van der Waals surface area contributed by atoms with Gasteiger partial charge in [0.1, 0.15) is 11.6 Å². The number of hydrogen-bond donors (Lipinski definition) is 2. The molecule has 33 heavy (non-hydrogen) atoms. The molecule has 8 nitrogen and oxygen atoms in total. The Kier molecular flexibility index (Phi) is 5.55. The average Bonchev–Trinajstić information content (AvgIpc) is 3.23. The van der Waals surface area contributed by atoms with Gasteiger partial charge in [-0.1, -0.05) is 0 Å². The standard InChI is InChI=1S/C24H26FN7O/c1-33-18-4-5-19(20(25)11-18)21-10-15(22(13-29-21)31-7-2-3-16(26)14-31)9-17-12-30-24-23(27)28-6-8-32(17)24/h4-6,8,10-13,16H,2-3,7,9,14,26H2,1H3,(H2,27,28)/t16-/m1/s1. The number of piperidine rings is 1. The minimum atomic E-state index is -0.380. The van der Waals surface area contributed by atoms with Crippen LogP contribution in [0.2, 0.25) is 0 Å². The Labute approximate surface area is 191 Å². The number of fused-ring (bicyclic) bond motifs is 1. The first-order chi connectivity index (χ1) is 16.0. The summed E-state index contributed by atoms with van der Waals surface area (Å²) in [5.74, 6) is 0.461. The zero-order valence-electron chi connectivity index (χ0n) is 18.4. The Morgan fingerprint density at radius 2 is 2.06 bits per heavy atom. The van der Waals surface area contributed by atoms with E-state index in [1.54, 1.807) is 24.5 Å². The summed E-state index contributed by atoms with van der Waals surface area (Å²) in [6, 6.07) is 6.86. The second-order valence-electron chi connectivity index (χ2n) is 8.32. The number of rotatable bonds is 5. The molecule has 0 saturated carbocycles. The van der Waals surface area contributed by atoms with E-state index < -0.39 is 0 Å². The zero-order chi connectivity index (χ0) is 22.9. The summed E-state index contributed by atoms with van der Waals surface area (Å²) in [6.07, 6.45) is 9.72. The van der Waals surface area contributed by atoms with Gasteiger partial charge in [0, 0.05) is 61.5 Å². The number of halogens is 1. The third-order valence-corrected chi connectivity index (χ3v) is 6.12. The second-order valence-corrected chi connectivity index (χ2v) is 8.32. The molecule has 4 heterocycles. The highest BCUT2D eigenvalue weighted by atomic mass is 19.1. The van der Waals surface area contributed by atoms with Gasteiger partial charge < -0.3 is 21.1 Å². The van der Waals surface area contributed by atoms with E-state index in [9.17, 15) is 4.39 Å². The smallest absolute Gasteiger partial charge is 0.180 e. The Balaban J connectivity index is 1.59. The SMILES string of the molecule is COc1ccc(-c2cc(Cc3cnc4c(N)nccn34)c(N3CCC[C@@H](N)C3)cn2)c(F)c1. The van der Waals surface area contributed by atoms with E-state index in [1.165, 1.54) is 13.2 Å². The van der Waals surface area contributed by atoms with Crippen LogP contribution in [0.1, 0.15) is 24.1 Å². The van der Waals surface area contributed by atoms with Crippen LogP contribution in [0.5, 0.6) is 5.75 Å². The van der Waals surface area contributed by atoms with Crippen LogP contribution in [0.4, 0.5) is 15.9 Å². The number of anilines is 2. The number of nitrogen functional groups attached to an aromatic ring is 1. The molecular weight excluding hydrogens is 421 g/mol. The molecular formula is C24H26FN7O. The molecule has 3 aromatic heterocycles. The molecule has 1 aliphatic heterocycles. The first-order valence-electron chi connectivity index (χ1n) is 10.9. The van der Waals surface area contributed by atoms with Crippen molar-refractivity contribution >= 4 is 17.2 Å². The predicted molar refractivity (Wildman–Crippen MR) is 126 cm³/mol. The molecule has 0 unspecified atom stereocenters. The van der Waals surface area contributed by atoms with Gasteiger partial charge >= 0.3 is 0 Å². The molecule has 4 N–H and O–H groups in total. The van der Waals surface area contributed by atoms with E-state index in [4.69, 9.17) is 16.2 Å². The monoisotopic (exact) mass is 447 g/mol. The van der Waals surface area contributed by atoms with Crippen LogP contribution >= 0.6 is 0 Å². The first kappa shape index (κ1) is 21.1. The third kappa shape index (κ3) is 4.07. The summed E-state index contributed by atoms with van der Waals surface area (Å²) in [7, 11) is 1.51. The number of hydrogen-bond acceptors (Lipinski definition) is 7. The molecule has 1 fully saturated rings. The molecule has 1 aliphatic rings. The van der Waals surface area contributed by atoms with Crippen molar-refractivity contribution in [1.82, 2.24) is 19.4 Å². The number of aromatic nitrogens is 4. The van der Waals surface area contributed by atoms with Gasteiger partial charge in [-0.3, -0.25) is 9.38 Å². The number of methoxy groups -OCH3 is 1. The van der Waals surface area contributed by atoms with Gasteiger partial charge in [0.15, 0.2) is 11.5 Å². The predicted octanol–water partition coefficient (Wildman–Crippen LogP) is 3.04. The second kappa shape index (κ2) is 8.67. The quantitative estimate of drug-likeness (QED) is 0.484. The van der Waals surface area contributed by atoms with E-state index in [1.807, 2.05) is 22.9 Å². The van der Waals surface area contributed by atoms with Crippen molar-refractivity contribution in [2.45, 2.75) is 25.3 Å². The third-order valence-electron chi connectivity index (χ3n) is 6.12. The highest BCUT2D eigenvalue weighted by Crippen LogP contribution is 2.31. The first-order valence-corrected chi connectivity index (χ1v) is 10.9. The molecule has 0 aliphatic carbocycles. The van der Waals surface area contributed by atoms with Gasteiger partial charge in [-0.25, -0.2) is 14.4 Å². The zero-order valence-corrected chi connectivity index (χ0v) is 18.4. The molecule has 1 atom stereocenters. The van der Waals surface area contributed by atoms with Gasteiger partial charge in [0.2, 0.25) is 0 Å². The van der Waals surface area contributed by atoms with Crippen molar-refractivity contribution in [3.8, 4) is 17.0 Å². The Morgan fingerprint density at radius 1 is 1.18 bits per heavy atom. The van der Waals surface area contributed by atoms with Gasteiger partial charge in [-0.05, 0) is 36.6 Å². The van der Waals surface area contributed by atoms with E-state index in [2.05, 4.69) is 19.9 Å². The number of nitrogens with two attached hydrogens (primary N) is 2. The fourth-order valence-electron chi connectivity index (χ4n) is 4.44. The summed E-state index contributed by atoms with van der Waals surface area (Å²) < 4.78 is 21.9. The molecule has 1 aromatic carbocycles. The Morgan fingerprint density at radius 3 is 2.85 bits per heavy atom. The minimum absolute atomic E-state index is 0.118. The minimum Gasteiger partial charge on any atom is -0.497 e. The molecule has 9 heteroatoms. The molecule has 0 spiro atoms. The lowest BCUT2D eigenvalue weighted by atomic mass is 10.0. The number of benzene rings is 1. The van der Waals surface area contributed by atoms with Crippen molar-refractivity contribution in [2.75, 3.05) is 30.8 Å². The van der Waals surface area contributed by atoms with E-state index >= 15 is 0 Å². The van der Waals surface area contributed by atoms with Crippen LogP contribution in [0.3, 0.4) is 0 Å². The van der Waals surface area contributed by atoms with Crippen LogP contribution in [0, 0.1) is 5.82 Å². The van der Waals surface area contributed by atoms with E-state index in [-0.39, 0.29) is 11.9 Å². The molecule has 4 aromatic rings. The number of nitrogens with zero attached hydrogens (tertiary/aromatic N) is 5. The maximum atomic E-state index is 14.8. The topological polar surface area (TPSA) is 108 Å². The van der Waals surface area contributed by atoms with Crippen molar-refractivity contribution in [1.29, 1.82) is 0 Å². The molecule has 5 rings (SSSR count). The maximum Gasteiger partial charge on any atom is 0.180 e. The number of ether oxygens (including phenoxy) is 1. The maximum absolute atomic E-state index is 14.8. The molecule has 1 saturated heterocycles. The molecule has 0 amide bonds. The summed E-state index contributed by atoms with van der Waals surface area (Å²) in [6.45, 7) is 1.66. The molecule has 0 bridgehead atoms. The Bertz CT molecular complexity index is 1310. The lowest BCUT2D eigenvalue weighted by molar-refractivity contribution is 0.411. The fourth-order valence-corrected chi connectivity index (χ4v) is 4.44. The summed E-state index contributed by atoms with van der Waals surface area (Å²) in [4.78, 5) is 15.4. The van der Waals surface area contributed by atoms with Gasteiger partial charge in [0.25, 0.3) is 0 Å². The van der Waals surface area contributed by atoms with Gasteiger partial charge in [-0.2, -0.15) is 0 Å². The highest BCUT2D eigenvalue weighted by molar-refractivity contribution is 5.67. The van der Waals surface area contributed by atoms with Crippen LogP contribution in [-0.2, 0) is 6.42 Å². The Hall–Kier alpha value is -3.72. The molecule has 0 radical (unpaired) electrons. The fraction of sp³-hybridized carbons (Fsp3) is 0.292. The van der Waals surface area contributed by atoms with Crippen molar-refractivity contribution in [3.63, 3.8) is 0 Å². The van der Waals surface area contributed by atoms with Crippen LogP contribution in [0.25, 0.3) is 16.9 Å². The van der Waals surface area contributed by atoms with E-state index in [0.717, 1.165) is 42.9 Å². The van der Waals surface area contributed by atoms with Crippen molar-refractivity contribution in [2.24, 2.45) is 5.73 Å². The number of imidazole rings is 1.